The Bertz CT molecular complexity index is 1060. The summed E-state index contributed by atoms with van der Waals surface area (Å²) < 4.78 is 29.3. The fraction of sp³-hybridized carbons (Fsp3) is 0.238. The lowest BCUT2D eigenvalue weighted by Gasteiger charge is -2.17. The van der Waals surface area contributed by atoms with E-state index in [4.69, 9.17) is 4.74 Å². The maximum atomic E-state index is 12.9. The Morgan fingerprint density at radius 1 is 0.926 bits per heavy atom. The van der Waals surface area contributed by atoms with E-state index in [-0.39, 0.29) is 16.5 Å². The molecule has 0 saturated carbocycles. The highest BCUT2D eigenvalue weighted by Crippen LogP contribution is 2.41. The molecule has 0 amide bonds. The third-order valence-corrected chi connectivity index (χ3v) is 5.61. The number of benzene rings is 2. The Morgan fingerprint density at radius 2 is 1.44 bits per heavy atom. The first-order valence-electron chi connectivity index (χ1n) is 8.40. The maximum absolute atomic E-state index is 12.9. The first kappa shape index (κ1) is 19.0. The summed E-state index contributed by atoms with van der Waals surface area (Å²) in [6, 6.07) is 13.0. The van der Waals surface area contributed by atoms with Crippen LogP contribution in [0.1, 0.15) is 42.3 Å². The van der Waals surface area contributed by atoms with Gasteiger partial charge in [-0.2, -0.15) is 0 Å². The zero-order chi connectivity index (χ0) is 20.0. The van der Waals surface area contributed by atoms with E-state index in [1.807, 2.05) is 0 Å². The third-order valence-electron chi connectivity index (χ3n) is 4.48. The second-order valence-corrected chi connectivity index (χ2v) is 9.09. The second kappa shape index (κ2) is 6.46. The molecule has 0 atom stereocenters. The molecular formula is C21H20O5S. The maximum Gasteiger partial charge on any atom is 0.210 e. The molecule has 0 bridgehead atoms. The minimum atomic E-state index is -3.31. The van der Waals surface area contributed by atoms with Gasteiger partial charge in [-0.25, -0.2) is 8.42 Å². The average Bonchev–Trinajstić information content (AvgIpc) is 2.84. The van der Waals surface area contributed by atoms with Crippen LogP contribution in [0.4, 0.5) is 0 Å². The average molecular weight is 384 g/mol. The predicted octanol–water partition coefficient (Wildman–Crippen LogP) is 3.54. The lowest BCUT2D eigenvalue weighted by molar-refractivity contribution is -0.125. The van der Waals surface area contributed by atoms with Gasteiger partial charge in [0, 0.05) is 17.4 Å². The highest BCUT2D eigenvalue weighted by Gasteiger charge is 2.42. The van der Waals surface area contributed by atoms with Crippen LogP contribution in [0.5, 0.6) is 0 Å². The number of hydrogen-bond acceptors (Lipinski definition) is 5. The highest BCUT2D eigenvalue weighted by molar-refractivity contribution is 7.90. The van der Waals surface area contributed by atoms with Crippen LogP contribution in [0.25, 0.3) is 11.3 Å². The van der Waals surface area contributed by atoms with Crippen molar-refractivity contribution in [1.82, 2.24) is 0 Å². The van der Waals surface area contributed by atoms with Gasteiger partial charge in [-0.1, -0.05) is 24.3 Å². The fourth-order valence-corrected chi connectivity index (χ4v) is 3.58. The largest absolute Gasteiger partial charge is 0.478 e. The van der Waals surface area contributed by atoms with Gasteiger partial charge in [0.2, 0.25) is 5.78 Å². The SMILES string of the molecule is CC(=O)c1ccc(C2=C(c3ccc(S(C)(=O)=O)cc3)OC(C)(C)C2=O)cc1. The van der Waals surface area contributed by atoms with E-state index in [0.717, 1.165) is 6.26 Å². The molecule has 0 radical (unpaired) electrons. The number of ketones is 2. The lowest BCUT2D eigenvalue weighted by Crippen LogP contribution is -2.29. The molecule has 1 aliphatic heterocycles. The number of rotatable bonds is 4. The smallest absolute Gasteiger partial charge is 0.210 e. The molecule has 140 valence electrons. The molecule has 1 heterocycles. The van der Waals surface area contributed by atoms with Crippen LogP contribution in [0.15, 0.2) is 53.4 Å². The molecular weight excluding hydrogens is 364 g/mol. The summed E-state index contributed by atoms with van der Waals surface area (Å²) in [4.78, 5) is 24.6. The fourth-order valence-electron chi connectivity index (χ4n) is 2.95. The summed E-state index contributed by atoms with van der Waals surface area (Å²) in [5.41, 5.74) is 1.22. The Balaban J connectivity index is 2.13. The summed E-state index contributed by atoms with van der Waals surface area (Å²) in [6.07, 6.45) is 1.14. The van der Waals surface area contributed by atoms with Crippen molar-refractivity contribution in [1.29, 1.82) is 0 Å². The lowest BCUT2D eigenvalue weighted by atomic mass is 9.92. The Hall–Kier alpha value is -2.73. The van der Waals surface area contributed by atoms with Gasteiger partial charge in [0.15, 0.2) is 21.2 Å². The molecule has 2 aromatic rings. The van der Waals surface area contributed by atoms with Crippen molar-refractivity contribution in [2.24, 2.45) is 0 Å². The molecule has 0 N–H and O–H groups in total. The summed E-state index contributed by atoms with van der Waals surface area (Å²) in [5.74, 6) is 0.183. The van der Waals surface area contributed by atoms with Crippen molar-refractivity contribution in [2.75, 3.05) is 6.26 Å². The first-order chi connectivity index (χ1) is 12.5. The van der Waals surface area contributed by atoms with Crippen molar-refractivity contribution in [2.45, 2.75) is 31.3 Å². The number of ether oxygens (including phenoxy) is 1. The molecule has 6 heteroatoms. The molecule has 0 fully saturated rings. The molecule has 0 unspecified atom stereocenters. The quantitative estimate of drug-likeness (QED) is 0.754. The minimum absolute atomic E-state index is 0.0542. The molecule has 0 aliphatic carbocycles. The van der Waals surface area contributed by atoms with Crippen LogP contribution in [-0.2, 0) is 19.4 Å². The van der Waals surface area contributed by atoms with E-state index in [2.05, 4.69) is 0 Å². The molecule has 0 spiro atoms. The van der Waals surface area contributed by atoms with Gasteiger partial charge in [0.05, 0.1) is 10.5 Å². The summed E-state index contributed by atoms with van der Waals surface area (Å²) in [6.45, 7) is 4.87. The van der Waals surface area contributed by atoms with Gasteiger partial charge < -0.3 is 4.74 Å². The van der Waals surface area contributed by atoms with Crippen molar-refractivity contribution < 1.29 is 22.7 Å². The van der Waals surface area contributed by atoms with Crippen molar-refractivity contribution in [3.63, 3.8) is 0 Å². The van der Waals surface area contributed by atoms with Gasteiger partial charge in [0.1, 0.15) is 5.76 Å². The van der Waals surface area contributed by atoms with Gasteiger partial charge in [-0.05, 0) is 50.6 Å². The molecule has 5 nitrogen and oxygen atoms in total. The molecule has 0 saturated heterocycles. The predicted molar refractivity (Wildman–Crippen MR) is 103 cm³/mol. The topological polar surface area (TPSA) is 77.5 Å². The highest BCUT2D eigenvalue weighted by atomic mass is 32.2. The first-order valence-corrected chi connectivity index (χ1v) is 10.3. The number of carbonyl (C=O) groups is 2. The Labute approximate surface area is 158 Å². The number of hydrogen-bond donors (Lipinski definition) is 0. The molecule has 1 aliphatic rings. The summed E-state index contributed by atoms with van der Waals surface area (Å²) in [7, 11) is -3.31. The van der Waals surface area contributed by atoms with Gasteiger partial charge >= 0.3 is 0 Å². The van der Waals surface area contributed by atoms with Gasteiger partial charge in [-0.15, -0.1) is 0 Å². The van der Waals surface area contributed by atoms with Crippen LogP contribution in [0.2, 0.25) is 0 Å². The third kappa shape index (κ3) is 3.57. The van der Waals surface area contributed by atoms with Gasteiger partial charge in [0.25, 0.3) is 0 Å². The monoisotopic (exact) mass is 384 g/mol. The van der Waals surface area contributed by atoms with Crippen molar-refractivity contribution in [3.8, 4) is 0 Å². The zero-order valence-corrected chi connectivity index (χ0v) is 16.4. The van der Waals surface area contributed by atoms with Crippen LogP contribution in [-0.4, -0.2) is 31.8 Å². The molecule has 27 heavy (non-hydrogen) atoms. The van der Waals surface area contributed by atoms with E-state index in [1.54, 1.807) is 50.2 Å². The van der Waals surface area contributed by atoms with E-state index < -0.39 is 15.4 Å². The zero-order valence-electron chi connectivity index (χ0n) is 15.6. The van der Waals surface area contributed by atoms with E-state index in [9.17, 15) is 18.0 Å². The second-order valence-electron chi connectivity index (χ2n) is 7.08. The van der Waals surface area contributed by atoms with Gasteiger partial charge in [-0.3, -0.25) is 9.59 Å². The molecule has 3 rings (SSSR count). The Kier molecular flexibility index (Phi) is 4.56. The summed E-state index contributed by atoms with van der Waals surface area (Å²) >= 11 is 0. The van der Waals surface area contributed by atoms with E-state index in [1.165, 1.54) is 19.1 Å². The number of Topliss-reactive ketones (excluding diaryl/α,β-unsaturated/α-hetero) is 2. The molecule has 2 aromatic carbocycles. The van der Waals surface area contributed by atoms with E-state index >= 15 is 0 Å². The van der Waals surface area contributed by atoms with Crippen LogP contribution >= 0.6 is 0 Å². The number of sulfone groups is 1. The Morgan fingerprint density at radius 3 is 1.93 bits per heavy atom. The normalized spacial score (nSPS) is 16.4. The van der Waals surface area contributed by atoms with Crippen molar-refractivity contribution >= 4 is 32.7 Å². The molecule has 0 aromatic heterocycles. The van der Waals surface area contributed by atoms with Crippen molar-refractivity contribution in [3.05, 3.63) is 65.2 Å². The minimum Gasteiger partial charge on any atom is -0.478 e. The number of carbonyl (C=O) groups excluding carboxylic acids is 2. The standard InChI is InChI=1S/C21H20O5S/c1-13(22)14-5-7-15(8-6-14)18-19(26-21(2,3)20(18)23)16-9-11-17(12-10-16)27(4,24)25/h5-12H,1-4H3. The van der Waals surface area contributed by atoms with Crippen LogP contribution in [0, 0.1) is 0 Å². The van der Waals surface area contributed by atoms with E-state index in [0.29, 0.717) is 28.0 Å². The van der Waals surface area contributed by atoms with Crippen LogP contribution in [0.3, 0.4) is 0 Å². The van der Waals surface area contributed by atoms with Crippen LogP contribution < -0.4 is 0 Å². The summed E-state index contributed by atoms with van der Waals surface area (Å²) in [5, 5.41) is 0.